The minimum absolute atomic E-state index is 0.149. The Bertz CT molecular complexity index is 312. The average Bonchev–Trinajstić information content (AvgIpc) is 2.20. The third kappa shape index (κ3) is 3.51. The Hall–Kier alpha value is -1.09. The molecule has 0 radical (unpaired) electrons. The van der Waals surface area contributed by atoms with E-state index in [4.69, 9.17) is 10.5 Å². The third-order valence-electron chi connectivity index (χ3n) is 2.24. The zero-order valence-corrected chi connectivity index (χ0v) is 9.29. The van der Waals surface area contributed by atoms with Crippen LogP contribution in [0.25, 0.3) is 0 Å². The van der Waals surface area contributed by atoms with Gasteiger partial charge in [-0.25, -0.2) is 4.39 Å². The third-order valence-corrected chi connectivity index (χ3v) is 2.24. The van der Waals surface area contributed by atoms with Crippen molar-refractivity contribution in [3.05, 3.63) is 29.6 Å². The minimum Gasteiger partial charge on any atom is -0.491 e. The van der Waals surface area contributed by atoms with E-state index in [1.807, 2.05) is 6.92 Å². The van der Waals surface area contributed by atoms with E-state index in [-0.39, 0.29) is 11.9 Å². The van der Waals surface area contributed by atoms with E-state index in [0.717, 1.165) is 18.4 Å². The number of nitrogens with two attached hydrogens (primary N) is 1. The molecule has 2 nitrogen and oxygen atoms in total. The van der Waals surface area contributed by atoms with Gasteiger partial charge in [-0.05, 0) is 31.0 Å². The first-order valence-electron chi connectivity index (χ1n) is 5.33. The van der Waals surface area contributed by atoms with Crippen LogP contribution < -0.4 is 10.5 Å². The molecule has 1 aromatic carbocycles. The summed E-state index contributed by atoms with van der Waals surface area (Å²) in [6, 6.07) is 4.73. The maximum absolute atomic E-state index is 13.5. The van der Waals surface area contributed by atoms with Crippen LogP contribution in [0.1, 0.15) is 38.3 Å². The molecule has 2 N–H and O–H groups in total. The molecule has 0 heterocycles. The quantitative estimate of drug-likeness (QED) is 0.760. The van der Waals surface area contributed by atoms with Crippen LogP contribution in [0.4, 0.5) is 4.39 Å². The fourth-order valence-electron chi connectivity index (χ4n) is 1.24. The monoisotopic (exact) mass is 211 g/mol. The van der Waals surface area contributed by atoms with Gasteiger partial charge in [0.1, 0.15) is 0 Å². The highest BCUT2D eigenvalue weighted by molar-refractivity contribution is 5.30. The van der Waals surface area contributed by atoms with Crippen molar-refractivity contribution in [2.45, 2.75) is 32.7 Å². The summed E-state index contributed by atoms with van der Waals surface area (Å²) in [7, 11) is 0. The molecule has 3 heteroatoms. The van der Waals surface area contributed by atoms with Gasteiger partial charge in [0.05, 0.1) is 6.61 Å². The van der Waals surface area contributed by atoms with Crippen molar-refractivity contribution in [1.29, 1.82) is 0 Å². The fourth-order valence-corrected chi connectivity index (χ4v) is 1.24. The van der Waals surface area contributed by atoms with Gasteiger partial charge in [-0.2, -0.15) is 0 Å². The highest BCUT2D eigenvalue weighted by Crippen LogP contribution is 2.21. The van der Waals surface area contributed by atoms with Gasteiger partial charge in [0, 0.05) is 6.04 Å². The van der Waals surface area contributed by atoms with E-state index in [9.17, 15) is 4.39 Å². The highest BCUT2D eigenvalue weighted by Gasteiger charge is 2.06. The van der Waals surface area contributed by atoms with E-state index in [1.165, 1.54) is 6.07 Å². The first-order valence-corrected chi connectivity index (χ1v) is 5.33. The molecular weight excluding hydrogens is 193 g/mol. The lowest BCUT2D eigenvalue weighted by molar-refractivity contribution is 0.294. The fraction of sp³-hybridized carbons (Fsp3) is 0.500. The molecule has 0 spiro atoms. The molecule has 1 aromatic rings. The van der Waals surface area contributed by atoms with Gasteiger partial charge in [-0.15, -0.1) is 0 Å². The lowest BCUT2D eigenvalue weighted by atomic mass is 10.1. The van der Waals surface area contributed by atoms with Crippen LogP contribution in [-0.2, 0) is 0 Å². The number of hydrogen-bond acceptors (Lipinski definition) is 2. The Morgan fingerprint density at radius 3 is 2.73 bits per heavy atom. The Balaban J connectivity index is 2.66. The van der Waals surface area contributed by atoms with Crippen LogP contribution in [0.3, 0.4) is 0 Å². The summed E-state index contributed by atoms with van der Waals surface area (Å²) in [5, 5.41) is 0. The van der Waals surface area contributed by atoms with Crippen LogP contribution in [-0.4, -0.2) is 6.61 Å². The molecule has 15 heavy (non-hydrogen) atoms. The van der Waals surface area contributed by atoms with Crippen molar-refractivity contribution in [2.24, 2.45) is 5.73 Å². The van der Waals surface area contributed by atoms with Crippen LogP contribution in [0, 0.1) is 5.82 Å². The van der Waals surface area contributed by atoms with Crippen molar-refractivity contribution in [3.8, 4) is 5.75 Å². The number of hydrogen-bond donors (Lipinski definition) is 1. The number of halogens is 1. The molecule has 0 fully saturated rings. The summed E-state index contributed by atoms with van der Waals surface area (Å²) in [6.07, 6.45) is 1.98. The molecular formula is C12H18FNO. The van der Waals surface area contributed by atoms with Crippen LogP contribution in [0.15, 0.2) is 18.2 Å². The zero-order chi connectivity index (χ0) is 11.3. The molecule has 0 aliphatic carbocycles. The maximum atomic E-state index is 13.5. The van der Waals surface area contributed by atoms with Crippen LogP contribution >= 0.6 is 0 Å². The molecule has 0 saturated heterocycles. The van der Waals surface area contributed by atoms with Gasteiger partial charge in [0.25, 0.3) is 0 Å². The molecule has 0 saturated carbocycles. The lowest BCUT2D eigenvalue weighted by Crippen LogP contribution is -2.06. The molecule has 0 unspecified atom stereocenters. The predicted molar refractivity (Wildman–Crippen MR) is 59.4 cm³/mol. The van der Waals surface area contributed by atoms with Gasteiger partial charge >= 0.3 is 0 Å². The molecule has 0 aromatic heterocycles. The molecule has 1 rings (SSSR count). The van der Waals surface area contributed by atoms with E-state index in [1.54, 1.807) is 12.1 Å². The zero-order valence-electron chi connectivity index (χ0n) is 9.29. The summed E-state index contributed by atoms with van der Waals surface area (Å²) in [4.78, 5) is 0. The maximum Gasteiger partial charge on any atom is 0.165 e. The van der Waals surface area contributed by atoms with E-state index in [2.05, 4.69) is 6.92 Å². The van der Waals surface area contributed by atoms with Gasteiger partial charge in [-0.1, -0.05) is 19.4 Å². The Labute approximate surface area is 90.2 Å². The summed E-state index contributed by atoms with van der Waals surface area (Å²) < 4.78 is 18.8. The van der Waals surface area contributed by atoms with Crippen molar-refractivity contribution < 1.29 is 9.13 Å². The Kier molecular flexibility index (Phi) is 4.56. The standard InChI is InChI=1S/C12H18FNO/c1-3-4-7-15-12-6-5-10(9(2)14)8-11(12)13/h5-6,8-9H,3-4,7,14H2,1-2H3/t9-/m1/s1. The topological polar surface area (TPSA) is 35.2 Å². The lowest BCUT2D eigenvalue weighted by Gasteiger charge is -2.09. The Morgan fingerprint density at radius 1 is 1.47 bits per heavy atom. The largest absolute Gasteiger partial charge is 0.491 e. The highest BCUT2D eigenvalue weighted by atomic mass is 19.1. The van der Waals surface area contributed by atoms with E-state index < -0.39 is 0 Å². The number of ether oxygens (including phenoxy) is 1. The summed E-state index contributed by atoms with van der Waals surface area (Å²) in [6.45, 7) is 4.45. The van der Waals surface area contributed by atoms with Gasteiger partial charge in [0.15, 0.2) is 11.6 Å². The molecule has 1 atom stereocenters. The van der Waals surface area contributed by atoms with Crippen molar-refractivity contribution >= 4 is 0 Å². The van der Waals surface area contributed by atoms with Gasteiger partial charge in [-0.3, -0.25) is 0 Å². The number of rotatable bonds is 5. The number of unbranched alkanes of at least 4 members (excludes halogenated alkanes) is 1. The van der Waals surface area contributed by atoms with Crippen molar-refractivity contribution in [2.75, 3.05) is 6.61 Å². The summed E-state index contributed by atoms with van der Waals surface area (Å²) in [5.74, 6) is -0.0197. The molecule has 0 aliphatic rings. The van der Waals surface area contributed by atoms with Crippen LogP contribution in [0.5, 0.6) is 5.75 Å². The molecule has 0 bridgehead atoms. The first-order chi connectivity index (χ1) is 7.15. The second-order valence-corrected chi connectivity index (χ2v) is 3.68. The molecule has 0 amide bonds. The van der Waals surface area contributed by atoms with Crippen molar-refractivity contribution in [1.82, 2.24) is 0 Å². The Morgan fingerprint density at radius 2 is 2.20 bits per heavy atom. The minimum atomic E-state index is -0.332. The predicted octanol–water partition coefficient (Wildman–Crippen LogP) is 3.02. The first kappa shape index (κ1) is 12.0. The average molecular weight is 211 g/mol. The van der Waals surface area contributed by atoms with Gasteiger partial charge < -0.3 is 10.5 Å². The number of benzene rings is 1. The molecule has 84 valence electrons. The second-order valence-electron chi connectivity index (χ2n) is 3.68. The normalized spacial score (nSPS) is 12.5. The smallest absolute Gasteiger partial charge is 0.165 e. The van der Waals surface area contributed by atoms with E-state index in [0.29, 0.717) is 12.4 Å². The molecule has 0 aliphatic heterocycles. The SMILES string of the molecule is CCCCOc1ccc([C@@H](C)N)cc1F. The summed E-state index contributed by atoms with van der Waals surface area (Å²) >= 11 is 0. The second kappa shape index (κ2) is 5.71. The van der Waals surface area contributed by atoms with Crippen LogP contribution in [0.2, 0.25) is 0 Å². The van der Waals surface area contributed by atoms with Crippen molar-refractivity contribution in [3.63, 3.8) is 0 Å². The van der Waals surface area contributed by atoms with Gasteiger partial charge in [0.2, 0.25) is 0 Å². The summed E-state index contributed by atoms with van der Waals surface area (Å²) in [5.41, 5.74) is 6.43. The van der Waals surface area contributed by atoms with E-state index >= 15 is 0 Å².